The van der Waals surface area contributed by atoms with Crippen LogP contribution in [-0.2, 0) is 29.9 Å². The van der Waals surface area contributed by atoms with Gasteiger partial charge in [0.15, 0.2) is 5.57 Å². The molecule has 0 atom stereocenters. The zero-order chi connectivity index (χ0) is 28.0. The quantitative estimate of drug-likeness (QED) is 0.165. The van der Waals surface area contributed by atoms with E-state index in [1.54, 1.807) is 6.07 Å². The van der Waals surface area contributed by atoms with Gasteiger partial charge in [-0.1, -0.05) is 59.7 Å². The number of rotatable bonds is 4. The monoisotopic (exact) mass is 517 g/mol. The van der Waals surface area contributed by atoms with Crippen molar-refractivity contribution in [1.29, 1.82) is 0 Å². The first-order chi connectivity index (χ1) is 17.5. The first-order valence-corrected chi connectivity index (χ1v) is 12.5. The SMILES string of the molecule is CC1(C)OC(=O)C(=C(Nc2cc(C(C)(C)C)c(O)c(C(C)(C)C)c2)Nc2ccc3ccccc3n2)C(=O)O1. The van der Waals surface area contributed by atoms with E-state index in [4.69, 9.17) is 9.47 Å². The van der Waals surface area contributed by atoms with Crippen LogP contribution in [-0.4, -0.2) is 27.8 Å². The second kappa shape index (κ2) is 9.35. The van der Waals surface area contributed by atoms with E-state index in [1.807, 2.05) is 84.0 Å². The fourth-order valence-corrected chi connectivity index (χ4v) is 4.27. The Balaban J connectivity index is 1.87. The van der Waals surface area contributed by atoms with E-state index in [1.165, 1.54) is 13.8 Å². The molecule has 8 nitrogen and oxygen atoms in total. The number of cyclic esters (lactones) is 2. The van der Waals surface area contributed by atoms with E-state index in [2.05, 4.69) is 15.6 Å². The van der Waals surface area contributed by atoms with Crippen LogP contribution in [0.2, 0.25) is 0 Å². The molecule has 0 amide bonds. The van der Waals surface area contributed by atoms with E-state index in [9.17, 15) is 14.7 Å². The van der Waals surface area contributed by atoms with Gasteiger partial charge < -0.3 is 25.2 Å². The molecule has 8 heteroatoms. The Morgan fingerprint density at radius 1 is 0.842 bits per heavy atom. The highest BCUT2D eigenvalue weighted by Gasteiger charge is 2.41. The lowest BCUT2D eigenvalue weighted by Gasteiger charge is -2.31. The highest BCUT2D eigenvalue weighted by Crippen LogP contribution is 2.41. The lowest BCUT2D eigenvalue weighted by Crippen LogP contribution is -2.43. The summed E-state index contributed by atoms with van der Waals surface area (Å²) in [5, 5.41) is 18.4. The standard InChI is InChI=1S/C30H35N3O5/c1-28(2,3)19-15-18(16-20(24(19)34)29(4,5)6)31-25(23-26(35)37-30(7,8)38-27(23)36)33-22-14-13-17-11-9-10-12-21(17)32-22/h9-16,31,34H,1-8H3,(H,32,33). The maximum atomic E-state index is 13.0. The molecular formula is C30H35N3O5. The molecule has 1 aromatic heterocycles. The van der Waals surface area contributed by atoms with Gasteiger partial charge in [0.05, 0.1) is 5.52 Å². The minimum Gasteiger partial charge on any atom is -0.507 e. The van der Waals surface area contributed by atoms with Crippen molar-refractivity contribution < 1.29 is 24.2 Å². The number of nitrogens with one attached hydrogen (secondary N) is 2. The molecule has 0 saturated carbocycles. The minimum absolute atomic E-state index is 0.0590. The Bertz CT molecular complexity index is 1400. The van der Waals surface area contributed by atoms with Crippen molar-refractivity contribution in [2.24, 2.45) is 0 Å². The van der Waals surface area contributed by atoms with Crippen LogP contribution in [0.4, 0.5) is 11.5 Å². The Morgan fingerprint density at radius 3 is 1.95 bits per heavy atom. The minimum atomic E-state index is -1.39. The number of phenols is 1. The number of carbonyl (C=O) groups excluding carboxylic acids is 2. The van der Waals surface area contributed by atoms with Crippen LogP contribution >= 0.6 is 0 Å². The summed E-state index contributed by atoms with van der Waals surface area (Å²) in [7, 11) is 0. The third kappa shape index (κ3) is 5.59. The van der Waals surface area contributed by atoms with Gasteiger partial charge in [0.2, 0.25) is 0 Å². The van der Waals surface area contributed by atoms with Gasteiger partial charge in [-0.3, -0.25) is 0 Å². The molecule has 2 aromatic carbocycles. The fraction of sp³-hybridized carbons (Fsp3) is 0.367. The van der Waals surface area contributed by atoms with Gasteiger partial charge in [-0.15, -0.1) is 0 Å². The molecule has 3 N–H and O–H groups in total. The number of pyridine rings is 1. The van der Waals surface area contributed by atoms with E-state index >= 15 is 0 Å². The summed E-state index contributed by atoms with van der Waals surface area (Å²) >= 11 is 0. The van der Waals surface area contributed by atoms with Gasteiger partial charge in [0.1, 0.15) is 17.4 Å². The largest absolute Gasteiger partial charge is 0.507 e. The number of nitrogens with zero attached hydrogens (tertiary/aromatic N) is 1. The maximum absolute atomic E-state index is 13.0. The molecule has 0 aliphatic carbocycles. The number of phenolic OH excluding ortho intramolecular Hbond substituents is 1. The fourth-order valence-electron chi connectivity index (χ4n) is 4.27. The molecular weight excluding hydrogens is 482 g/mol. The van der Waals surface area contributed by atoms with Gasteiger partial charge in [0, 0.05) is 36.0 Å². The molecule has 38 heavy (non-hydrogen) atoms. The van der Waals surface area contributed by atoms with Gasteiger partial charge in [0.25, 0.3) is 5.79 Å². The van der Waals surface area contributed by atoms with Gasteiger partial charge >= 0.3 is 11.9 Å². The molecule has 3 aromatic rings. The number of aromatic nitrogens is 1. The summed E-state index contributed by atoms with van der Waals surface area (Å²) in [6.07, 6.45) is 0. The summed E-state index contributed by atoms with van der Waals surface area (Å²) in [5.41, 5.74) is 1.67. The number of ether oxygens (including phenoxy) is 2. The molecule has 1 aliphatic rings. The van der Waals surface area contributed by atoms with Gasteiger partial charge in [-0.25, -0.2) is 14.6 Å². The van der Waals surface area contributed by atoms with Crippen molar-refractivity contribution in [3.8, 4) is 5.75 Å². The van der Waals surface area contributed by atoms with Crippen molar-refractivity contribution in [3.63, 3.8) is 0 Å². The van der Waals surface area contributed by atoms with Gasteiger partial charge in [-0.2, -0.15) is 0 Å². The number of benzene rings is 2. The van der Waals surface area contributed by atoms with Crippen LogP contribution in [0.15, 0.2) is 59.9 Å². The van der Waals surface area contributed by atoms with Crippen LogP contribution < -0.4 is 10.6 Å². The Hall–Kier alpha value is -4.07. The summed E-state index contributed by atoms with van der Waals surface area (Å²) in [5.74, 6) is -2.35. The van der Waals surface area contributed by atoms with Crippen LogP contribution in [0.3, 0.4) is 0 Å². The molecule has 1 fully saturated rings. The van der Waals surface area contributed by atoms with E-state index in [0.29, 0.717) is 11.5 Å². The first kappa shape index (κ1) is 27.0. The number of carbonyl (C=O) groups is 2. The Morgan fingerprint density at radius 2 is 1.39 bits per heavy atom. The molecule has 2 heterocycles. The highest BCUT2D eigenvalue weighted by molar-refractivity contribution is 6.16. The number of aromatic hydroxyl groups is 1. The van der Waals surface area contributed by atoms with Crippen molar-refractivity contribution in [2.45, 2.75) is 72.0 Å². The number of para-hydroxylation sites is 1. The van der Waals surface area contributed by atoms with Gasteiger partial charge in [-0.05, 0) is 41.2 Å². The predicted molar refractivity (Wildman–Crippen MR) is 148 cm³/mol. The zero-order valence-corrected chi connectivity index (χ0v) is 23.1. The van der Waals surface area contributed by atoms with E-state index in [-0.39, 0.29) is 28.0 Å². The lowest BCUT2D eigenvalue weighted by atomic mass is 9.79. The summed E-state index contributed by atoms with van der Waals surface area (Å²) in [6.45, 7) is 15.0. The highest BCUT2D eigenvalue weighted by atomic mass is 16.7. The molecule has 0 spiro atoms. The number of hydrogen-bond acceptors (Lipinski definition) is 8. The second-order valence-electron chi connectivity index (χ2n) is 12.0. The topological polar surface area (TPSA) is 110 Å². The molecule has 1 aliphatic heterocycles. The van der Waals surface area contributed by atoms with Crippen LogP contribution in [0.5, 0.6) is 5.75 Å². The molecule has 200 valence electrons. The van der Waals surface area contributed by atoms with Crippen LogP contribution in [0.25, 0.3) is 10.9 Å². The molecule has 4 rings (SSSR count). The average molecular weight is 518 g/mol. The molecule has 1 saturated heterocycles. The third-order valence-electron chi connectivity index (χ3n) is 6.18. The number of fused-ring (bicyclic) bond motifs is 1. The lowest BCUT2D eigenvalue weighted by molar-refractivity contribution is -0.222. The predicted octanol–water partition coefficient (Wildman–Crippen LogP) is 6.11. The third-order valence-corrected chi connectivity index (χ3v) is 6.18. The average Bonchev–Trinajstić information content (AvgIpc) is 2.77. The van der Waals surface area contributed by atoms with Crippen molar-refractivity contribution in [1.82, 2.24) is 4.98 Å². The van der Waals surface area contributed by atoms with E-state index < -0.39 is 17.7 Å². The number of hydrogen-bond donors (Lipinski definition) is 3. The van der Waals surface area contributed by atoms with Crippen molar-refractivity contribution in [3.05, 3.63) is 71.1 Å². The van der Waals surface area contributed by atoms with Crippen molar-refractivity contribution >= 4 is 34.3 Å². The van der Waals surface area contributed by atoms with E-state index in [0.717, 1.165) is 22.0 Å². The summed E-state index contributed by atoms with van der Waals surface area (Å²) < 4.78 is 10.8. The van der Waals surface area contributed by atoms with Crippen molar-refractivity contribution in [2.75, 3.05) is 10.6 Å². The second-order valence-corrected chi connectivity index (χ2v) is 12.0. The van der Waals surface area contributed by atoms with Crippen LogP contribution in [0.1, 0.15) is 66.5 Å². The normalized spacial score (nSPS) is 15.6. The zero-order valence-electron chi connectivity index (χ0n) is 23.1. The Labute approximate surface area is 223 Å². The maximum Gasteiger partial charge on any atom is 0.352 e. The summed E-state index contributed by atoms with van der Waals surface area (Å²) in [6, 6.07) is 14.9. The van der Waals surface area contributed by atoms with Crippen LogP contribution in [0, 0.1) is 0 Å². The molecule has 0 bridgehead atoms. The number of anilines is 2. The summed E-state index contributed by atoms with van der Waals surface area (Å²) in [4.78, 5) is 30.7. The smallest absolute Gasteiger partial charge is 0.352 e. The Kier molecular flexibility index (Phi) is 6.64. The number of esters is 2. The molecule has 0 unspecified atom stereocenters. The first-order valence-electron chi connectivity index (χ1n) is 12.5. The molecule has 0 radical (unpaired) electrons.